The van der Waals surface area contributed by atoms with Gasteiger partial charge in [-0.1, -0.05) is 11.6 Å². The number of hydrogen-bond acceptors (Lipinski definition) is 1. The van der Waals surface area contributed by atoms with E-state index in [1.807, 2.05) is 12.1 Å². The zero-order valence-electron chi connectivity index (χ0n) is 7.68. The van der Waals surface area contributed by atoms with Crippen LogP contribution in [0.25, 0.3) is 0 Å². The molecule has 2 rings (SSSR count). The predicted molar refractivity (Wildman–Crippen MR) is 54.1 cm³/mol. The van der Waals surface area contributed by atoms with Gasteiger partial charge in [-0.3, -0.25) is 0 Å². The third-order valence-corrected chi connectivity index (χ3v) is 2.93. The fourth-order valence-corrected chi connectivity index (χ4v) is 1.99. The first-order valence-corrected chi connectivity index (χ1v) is 5.00. The van der Waals surface area contributed by atoms with Crippen LogP contribution in [0.4, 0.5) is 0 Å². The van der Waals surface area contributed by atoms with Gasteiger partial charge < -0.3 is 5.11 Å². The van der Waals surface area contributed by atoms with E-state index >= 15 is 0 Å². The van der Waals surface area contributed by atoms with Crippen LogP contribution in [0.2, 0.25) is 5.02 Å². The summed E-state index contributed by atoms with van der Waals surface area (Å²) in [6.45, 7) is 2.15. The minimum absolute atomic E-state index is 0.0894. The van der Waals surface area contributed by atoms with Gasteiger partial charge in [0.25, 0.3) is 0 Å². The molecule has 0 unspecified atom stereocenters. The van der Waals surface area contributed by atoms with Crippen LogP contribution < -0.4 is 0 Å². The maximum Gasteiger partial charge on any atom is 0.0685 e. The summed E-state index contributed by atoms with van der Waals surface area (Å²) >= 11 is 5.96. The van der Waals surface area contributed by atoms with Crippen molar-refractivity contribution in [1.29, 1.82) is 0 Å². The first-order valence-electron chi connectivity index (χ1n) is 4.62. The molecule has 70 valence electrons. The van der Waals surface area contributed by atoms with Crippen LogP contribution in [0.1, 0.15) is 35.4 Å². The average Bonchev–Trinajstić information content (AvgIpc) is 2.91. The van der Waals surface area contributed by atoms with E-state index in [9.17, 15) is 0 Å². The fraction of sp³-hybridized carbons (Fsp3) is 0.455. The lowest BCUT2D eigenvalue weighted by molar-refractivity contribution is 0.281. The van der Waals surface area contributed by atoms with Gasteiger partial charge in [-0.2, -0.15) is 0 Å². The van der Waals surface area contributed by atoms with Crippen LogP contribution in [-0.4, -0.2) is 5.11 Å². The third kappa shape index (κ3) is 1.72. The van der Waals surface area contributed by atoms with Crippen LogP contribution in [0.5, 0.6) is 0 Å². The van der Waals surface area contributed by atoms with Crippen LogP contribution in [0, 0.1) is 6.92 Å². The Hall–Kier alpha value is -0.530. The first kappa shape index (κ1) is 9.04. The summed E-state index contributed by atoms with van der Waals surface area (Å²) in [4.78, 5) is 0. The highest BCUT2D eigenvalue weighted by molar-refractivity contribution is 6.30. The van der Waals surface area contributed by atoms with Crippen molar-refractivity contribution in [2.24, 2.45) is 0 Å². The number of halogens is 1. The van der Waals surface area contributed by atoms with E-state index in [0.29, 0.717) is 5.92 Å². The van der Waals surface area contributed by atoms with Gasteiger partial charge in [0.05, 0.1) is 6.61 Å². The molecule has 1 fully saturated rings. The minimum atomic E-state index is 0.0894. The molecule has 1 N–H and O–H groups in total. The molecular weight excluding hydrogens is 184 g/mol. The molecule has 1 nitrogen and oxygen atoms in total. The van der Waals surface area contributed by atoms with Crippen molar-refractivity contribution < 1.29 is 5.11 Å². The first-order chi connectivity index (χ1) is 6.22. The molecule has 0 saturated heterocycles. The van der Waals surface area contributed by atoms with E-state index in [2.05, 4.69) is 6.92 Å². The molecule has 0 radical (unpaired) electrons. The summed E-state index contributed by atoms with van der Waals surface area (Å²) in [5.74, 6) is 0.698. The number of benzene rings is 1. The Balaban J connectivity index is 2.47. The SMILES string of the molecule is Cc1c(CO)cc(Cl)cc1C1CC1. The molecule has 0 atom stereocenters. The smallest absolute Gasteiger partial charge is 0.0685 e. The molecule has 0 heterocycles. The Morgan fingerprint density at radius 2 is 2.15 bits per heavy atom. The lowest BCUT2D eigenvalue weighted by atomic mass is 9.99. The van der Waals surface area contributed by atoms with Crippen LogP contribution in [0.3, 0.4) is 0 Å². The number of aliphatic hydroxyl groups is 1. The van der Waals surface area contributed by atoms with E-state index in [-0.39, 0.29) is 6.61 Å². The molecule has 1 aromatic carbocycles. The average molecular weight is 197 g/mol. The van der Waals surface area contributed by atoms with Crippen molar-refractivity contribution in [1.82, 2.24) is 0 Å². The standard InChI is InChI=1S/C11H13ClO/c1-7-9(6-13)4-10(12)5-11(7)8-2-3-8/h4-5,8,13H,2-3,6H2,1H3. The minimum Gasteiger partial charge on any atom is -0.392 e. The summed E-state index contributed by atoms with van der Waals surface area (Å²) in [6, 6.07) is 3.89. The van der Waals surface area contributed by atoms with Crippen molar-refractivity contribution >= 4 is 11.6 Å². The molecule has 0 bridgehead atoms. The van der Waals surface area contributed by atoms with Gasteiger partial charge in [0.1, 0.15) is 0 Å². The molecule has 1 aliphatic rings. The van der Waals surface area contributed by atoms with Crippen molar-refractivity contribution in [3.8, 4) is 0 Å². The van der Waals surface area contributed by atoms with Gasteiger partial charge in [0.15, 0.2) is 0 Å². The molecule has 0 aliphatic heterocycles. The lowest BCUT2D eigenvalue weighted by Crippen LogP contribution is -1.94. The van der Waals surface area contributed by atoms with Gasteiger partial charge in [-0.05, 0) is 54.5 Å². The highest BCUT2D eigenvalue weighted by Crippen LogP contribution is 2.43. The maximum atomic E-state index is 9.11. The van der Waals surface area contributed by atoms with Crippen molar-refractivity contribution in [2.45, 2.75) is 32.3 Å². The molecule has 2 heteroatoms. The molecule has 0 spiro atoms. The van der Waals surface area contributed by atoms with E-state index < -0.39 is 0 Å². The fourth-order valence-electron chi connectivity index (χ4n) is 1.74. The third-order valence-electron chi connectivity index (χ3n) is 2.71. The normalized spacial score (nSPS) is 16.2. The lowest BCUT2D eigenvalue weighted by Gasteiger charge is -2.09. The van der Waals surface area contributed by atoms with E-state index in [1.165, 1.54) is 24.0 Å². The van der Waals surface area contributed by atoms with Crippen LogP contribution >= 0.6 is 11.6 Å². The topological polar surface area (TPSA) is 20.2 Å². The Morgan fingerprint density at radius 3 is 2.69 bits per heavy atom. The maximum absolute atomic E-state index is 9.11. The molecule has 1 saturated carbocycles. The number of aliphatic hydroxyl groups excluding tert-OH is 1. The molecule has 0 amide bonds. The van der Waals surface area contributed by atoms with Gasteiger partial charge in [0, 0.05) is 5.02 Å². The van der Waals surface area contributed by atoms with E-state index in [0.717, 1.165) is 10.6 Å². The van der Waals surface area contributed by atoms with E-state index in [1.54, 1.807) is 0 Å². The molecule has 0 aromatic heterocycles. The number of hydrogen-bond donors (Lipinski definition) is 1. The molecule has 13 heavy (non-hydrogen) atoms. The number of rotatable bonds is 2. The van der Waals surface area contributed by atoms with Crippen molar-refractivity contribution in [3.63, 3.8) is 0 Å². The predicted octanol–water partition coefficient (Wildman–Crippen LogP) is 3.02. The summed E-state index contributed by atoms with van der Waals surface area (Å²) in [6.07, 6.45) is 2.54. The molecule has 1 aromatic rings. The zero-order valence-corrected chi connectivity index (χ0v) is 8.43. The summed E-state index contributed by atoms with van der Waals surface area (Å²) < 4.78 is 0. The van der Waals surface area contributed by atoms with Crippen LogP contribution in [-0.2, 0) is 6.61 Å². The quantitative estimate of drug-likeness (QED) is 0.771. The van der Waals surface area contributed by atoms with Crippen LogP contribution in [0.15, 0.2) is 12.1 Å². The second kappa shape index (κ2) is 3.32. The second-order valence-corrected chi connectivity index (χ2v) is 4.15. The highest BCUT2D eigenvalue weighted by Gasteiger charge is 2.26. The Morgan fingerprint density at radius 1 is 1.46 bits per heavy atom. The van der Waals surface area contributed by atoms with Gasteiger partial charge in [-0.25, -0.2) is 0 Å². The molecule has 1 aliphatic carbocycles. The summed E-state index contributed by atoms with van der Waals surface area (Å²) in [5.41, 5.74) is 3.51. The van der Waals surface area contributed by atoms with Crippen molar-refractivity contribution in [3.05, 3.63) is 33.8 Å². The van der Waals surface area contributed by atoms with E-state index in [4.69, 9.17) is 16.7 Å². The van der Waals surface area contributed by atoms with Gasteiger partial charge >= 0.3 is 0 Å². The molecular formula is C11H13ClO. The van der Waals surface area contributed by atoms with Crippen molar-refractivity contribution in [2.75, 3.05) is 0 Å². The highest BCUT2D eigenvalue weighted by atomic mass is 35.5. The van der Waals surface area contributed by atoms with Gasteiger partial charge in [-0.15, -0.1) is 0 Å². The monoisotopic (exact) mass is 196 g/mol. The second-order valence-electron chi connectivity index (χ2n) is 3.71. The largest absolute Gasteiger partial charge is 0.392 e. The summed E-state index contributed by atoms with van der Waals surface area (Å²) in [5, 5.41) is 9.86. The Kier molecular flexibility index (Phi) is 2.31. The zero-order chi connectivity index (χ0) is 9.42. The summed E-state index contributed by atoms with van der Waals surface area (Å²) in [7, 11) is 0. The Bertz CT molecular complexity index is 329. The van der Waals surface area contributed by atoms with Gasteiger partial charge in [0.2, 0.25) is 0 Å². The Labute approximate surface area is 83.3 Å².